The van der Waals surface area contributed by atoms with Gasteiger partial charge in [0.1, 0.15) is 5.76 Å². The number of amides is 1. The van der Waals surface area contributed by atoms with Crippen molar-refractivity contribution in [2.45, 2.75) is 26.3 Å². The Morgan fingerprint density at radius 2 is 1.64 bits per heavy atom. The van der Waals surface area contributed by atoms with Crippen molar-refractivity contribution < 1.29 is 24.5 Å². The number of hydrogen-bond donors (Lipinski definition) is 2. The first-order valence-electron chi connectivity index (χ1n) is 11.9. The Hall–Kier alpha value is -4.26. The molecule has 7 heteroatoms. The van der Waals surface area contributed by atoms with Gasteiger partial charge in [-0.3, -0.25) is 14.5 Å². The van der Waals surface area contributed by atoms with Crippen molar-refractivity contribution in [1.29, 1.82) is 0 Å². The normalized spacial score (nSPS) is 16.9. The molecule has 1 unspecified atom stereocenters. The van der Waals surface area contributed by atoms with Crippen LogP contribution >= 0.6 is 0 Å². The summed E-state index contributed by atoms with van der Waals surface area (Å²) in [5.74, 6) is -1.59. The third kappa shape index (κ3) is 4.52. The van der Waals surface area contributed by atoms with E-state index in [1.54, 1.807) is 43.3 Å². The molecule has 1 atom stereocenters. The molecule has 0 bridgehead atoms. The van der Waals surface area contributed by atoms with Crippen LogP contribution < -0.4 is 14.5 Å². The molecule has 0 aromatic heterocycles. The lowest BCUT2D eigenvalue weighted by Gasteiger charge is -2.26. The van der Waals surface area contributed by atoms with Gasteiger partial charge in [-0.05, 0) is 60.9 Å². The van der Waals surface area contributed by atoms with Gasteiger partial charge in [-0.15, -0.1) is 0 Å². The van der Waals surface area contributed by atoms with E-state index in [0.717, 1.165) is 17.7 Å². The van der Waals surface area contributed by atoms with Gasteiger partial charge in [0.2, 0.25) is 0 Å². The maximum atomic E-state index is 13.4. The van der Waals surface area contributed by atoms with Crippen molar-refractivity contribution in [2.24, 2.45) is 0 Å². The molecule has 1 fully saturated rings. The summed E-state index contributed by atoms with van der Waals surface area (Å²) in [5, 5.41) is 21.5. The minimum atomic E-state index is -0.916. The topological polar surface area (TPSA) is 90.3 Å². The van der Waals surface area contributed by atoms with E-state index in [0.29, 0.717) is 23.4 Å². The van der Waals surface area contributed by atoms with Crippen LogP contribution in [-0.2, 0) is 16.0 Å². The zero-order chi connectivity index (χ0) is 26.0. The van der Waals surface area contributed by atoms with Gasteiger partial charge < -0.3 is 19.8 Å². The summed E-state index contributed by atoms with van der Waals surface area (Å²) in [7, 11) is 3.83. The summed E-state index contributed by atoms with van der Waals surface area (Å²) in [6.07, 6.45) is 0.835. The van der Waals surface area contributed by atoms with Gasteiger partial charge in [-0.25, -0.2) is 0 Å². The van der Waals surface area contributed by atoms with Gasteiger partial charge in [0, 0.05) is 31.0 Å². The van der Waals surface area contributed by atoms with E-state index in [1.807, 2.05) is 50.2 Å². The molecule has 3 aromatic rings. The Kier molecular flexibility index (Phi) is 7.01. The Morgan fingerprint density at radius 3 is 2.22 bits per heavy atom. The van der Waals surface area contributed by atoms with Crippen LogP contribution in [0.3, 0.4) is 0 Å². The summed E-state index contributed by atoms with van der Waals surface area (Å²) in [6, 6.07) is 18.3. The van der Waals surface area contributed by atoms with E-state index in [4.69, 9.17) is 4.74 Å². The lowest BCUT2D eigenvalue weighted by molar-refractivity contribution is -0.132. The highest BCUT2D eigenvalue weighted by atomic mass is 16.5. The van der Waals surface area contributed by atoms with E-state index in [1.165, 1.54) is 11.0 Å². The highest BCUT2D eigenvalue weighted by molar-refractivity contribution is 6.51. The van der Waals surface area contributed by atoms with E-state index in [2.05, 4.69) is 0 Å². The van der Waals surface area contributed by atoms with Crippen molar-refractivity contribution >= 4 is 28.8 Å². The van der Waals surface area contributed by atoms with Gasteiger partial charge >= 0.3 is 0 Å². The fourth-order valence-corrected chi connectivity index (χ4v) is 4.35. The van der Waals surface area contributed by atoms with Crippen LogP contribution in [0.4, 0.5) is 11.4 Å². The minimum absolute atomic E-state index is 0.0194. The molecule has 186 valence electrons. The lowest BCUT2D eigenvalue weighted by Crippen LogP contribution is -2.29. The number of carbonyl (C=O) groups is 2. The number of aliphatic hydroxyl groups excluding tert-OH is 1. The highest BCUT2D eigenvalue weighted by Gasteiger charge is 2.47. The summed E-state index contributed by atoms with van der Waals surface area (Å²) in [4.78, 5) is 30.1. The largest absolute Gasteiger partial charge is 0.507 e. The van der Waals surface area contributed by atoms with Crippen molar-refractivity contribution in [3.8, 4) is 11.5 Å². The molecule has 1 saturated heterocycles. The van der Waals surface area contributed by atoms with E-state index in [-0.39, 0.29) is 22.8 Å². The average molecular weight is 487 g/mol. The molecule has 1 aliphatic heterocycles. The van der Waals surface area contributed by atoms with E-state index in [9.17, 15) is 19.8 Å². The second-order valence-electron chi connectivity index (χ2n) is 8.79. The van der Waals surface area contributed by atoms with Crippen LogP contribution in [0.1, 0.15) is 36.6 Å². The van der Waals surface area contributed by atoms with Crippen molar-refractivity contribution in [3.63, 3.8) is 0 Å². The molecule has 1 aliphatic rings. The second-order valence-corrected chi connectivity index (χ2v) is 8.79. The molecular weight excluding hydrogens is 456 g/mol. The van der Waals surface area contributed by atoms with Crippen LogP contribution in [0, 0.1) is 0 Å². The molecule has 0 aliphatic carbocycles. The van der Waals surface area contributed by atoms with Crippen LogP contribution in [0.2, 0.25) is 0 Å². The van der Waals surface area contributed by atoms with Crippen molar-refractivity contribution in [2.75, 3.05) is 30.5 Å². The number of Topliss-reactive ketones (excluding diaryl/α,β-unsaturated/α-hetero) is 1. The van der Waals surface area contributed by atoms with Gasteiger partial charge in [0.15, 0.2) is 11.5 Å². The van der Waals surface area contributed by atoms with Crippen LogP contribution in [0.15, 0.2) is 72.3 Å². The monoisotopic (exact) mass is 486 g/mol. The number of anilines is 2. The second kappa shape index (κ2) is 10.2. The predicted octanol–water partition coefficient (Wildman–Crippen LogP) is 5.05. The maximum absolute atomic E-state index is 13.4. The number of hydrogen-bond acceptors (Lipinski definition) is 6. The maximum Gasteiger partial charge on any atom is 0.300 e. The van der Waals surface area contributed by atoms with E-state index < -0.39 is 17.7 Å². The first-order valence-corrected chi connectivity index (χ1v) is 11.9. The number of nitrogens with zero attached hydrogens (tertiary/aromatic N) is 2. The molecule has 2 N–H and O–H groups in total. The highest BCUT2D eigenvalue weighted by Crippen LogP contribution is 2.44. The number of phenolic OH excluding ortho intramolecular Hbond substituents is 1. The smallest absolute Gasteiger partial charge is 0.300 e. The molecule has 0 radical (unpaired) electrons. The van der Waals surface area contributed by atoms with Crippen LogP contribution in [-0.4, -0.2) is 42.6 Å². The Morgan fingerprint density at radius 1 is 0.972 bits per heavy atom. The van der Waals surface area contributed by atoms with Gasteiger partial charge in [0.05, 0.1) is 18.2 Å². The molecule has 36 heavy (non-hydrogen) atoms. The number of aromatic hydroxyl groups is 1. The zero-order valence-electron chi connectivity index (χ0n) is 20.9. The number of carbonyl (C=O) groups excluding carboxylic acids is 2. The fourth-order valence-electron chi connectivity index (χ4n) is 4.35. The number of aryl methyl sites for hydroxylation is 1. The van der Waals surface area contributed by atoms with Crippen LogP contribution in [0.5, 0.6) is 11.5 Å². The standard InChI is InChI=1S/C29H30N2O5/c1-5-18-7-9-19(10-8-18)27(33)25-26(20-11-16-23(32)24(17-20)36-6-2)31(29(35)28(25)34)22-14-12-21(13-15-22)30(3)4/h7-17,26,32-33H,5-6H2,1-4H3/b27-25-. The third-order valence-corrected chi connectivity index (χ3v) is 6.32. The average Bonchev–Trinajstić information content (AvgIpc) is 3.15. The summed E-state index contributed by atoms with van der Waals surface area (Å²) in [5.41, 5.74) is 3.49. The predicted molar refractivity (Wildman–Crippen MR) is 141 cm³/mol. The van der Waals surface area contributed by atoms with Gasteiger partial charge in [-0.2, -0.15) is 0 Å². The van der Waals surface area contributed by atoms with Gasteiger partial charge in [0.25, 0.3) is 11.7 Å². The molecule has 1 heterocycles. The Balaban J connectivity index is 1.92. The Labute approximate surface area is 210 Å². The number of aliphatic hydroxyl groups is 1. The van der Waals surface area contributed by atoms with Crippen LogP contribution in [0.25, 0.3) is 5.76 Å². The quantitative estimate of drug-likeness (QED) is 0.276. The van der Waals surface area contributed by atoms with Crippen molar-refractivity contribution in [1.82, 2.24) is 0 Å². The number of ether oxygens (including phenoxy) is 1. The number of ketones is 1. The summed E-state index contributed by atoms with van der Waals surface area (Å²) < 4.78 is 5.56. The fraction of sp³-hybridized carbons (Fsp3) is 0.241. The molecule has 1 amide bonds. The lowest BCUT2D eigenvalue weighted by atomic mass is 9.94. The number of benzene rings is 3. The molecule has 3 aromatic carbocycles. The minimum Gasteiger partial charge on any atom is -0.507 e. The molecule has 4 rings (SSSR count). The number of phenols is 1. The van der Waals surface area contributed by atoms with Gasteiger partial charge in [-0.1, -0.05) is 37.3 Å². The molecule has 0 saturated carbocycles. The molecule has 0 spiro atoms. The summed E-state index contributed by atoms with van der Waals surface area (Å²) in [6.45, 7) is 4.15. The first kappa shape index (κ1) is 24.9. The van der Waals surface area contributed by atoms with Crippen molar-refractivity contribution in [3.05, 3.63) is 89.0 Å². The first-order chi connectivity index (χ1) is 17.3. The Bertz CT molecular complexity index is 1310. The zero-order valence-corrected chi connectivity index (χ0v) is 20.9. The third-order valence-electron chi connectivity index (χ3n) is 6.32. The molecule has 7 nitrogen and oxygen atoms in total. The summed E-state index contributed by atoms with van der Waals surface area (Å²) >= 11 is 0. The SMILES string of the molecule is CCOc1cc(C2/C(=C(/O)c3ccc(CC)cc3)C(=O)C(=O)N2c2ccc(N(C)C)cc2)ccc1O. The van der Waals surface area contributed by atoms with E-state index >= 15 is 0 Å². The number of rotatable bonds is 7. The molecular formula is C29H30N2O5.